The van der Waals surface area contributed by atoms with Crippen LogP contribution in [0, 0.1) is 0 Å². The maximum absolute atomic E-state index is 9.10. The van der Waals surface area contributed by atoms with Gasteiger partial charge in [-0.05, 0) is 28.2 Å². The van der Waals surface area contributed by atoms with Gasteiger partial charge in [0.25, 0.3) is 0 Å². The molecular weight excluding hydrogens is 176 g/mol. The van der Waals surface area contributed by atoms with Crippen LogP contribution in [-0.2, 0) is 9.59 Å². The highest BCUT2D eigenvalue weighted by molar-refractivity contribution is 6.27. The molecule has 2 N–H and O–H groups in total. The van der Waals surface area contributed by atoms with Crippen molar-refractivity contribution in [1.82, 2.24) is 9.80 Å². The molecule has 0 saturated heterocycles. The summed E-state index contributed by atoms with van der Waals surface area (Å²) in [6.07, 6.45) is 0. The number of aliphatic carboxylic acids is 2. The fourth-order valence-corrected chi connectivity index (χ4v) is 0.566. The summed E-state index contributed by atoms with van der Waals surface area (Å²) in [5, 5.41) is 14.8. The molecular formula is C7H16N2O4. The molecule has 13 heavy (non-hydrogen) atoms. The van der Waals surface area contributed by atoms with Gasteiger partial charge in [-0.25, -0.2) is 9.59 Å². The second-order valence-corrected chi connectivity index (χ2v) is 2.91. The molecule has 0 fully saturated rings. The Morgan fingerprint density at radius 3 is 1.15 bits per heavy atom. The molecule has 0 atom stereocenters. The summed E-state index contributed by atoms with van der Waals surface area (Å²) in [4.78, 5) is 22.4. The van der Waals surface area contributed by atoms with E-state index < -0.39 is 11.9 Å². The third-order valence-electron chi connectivity index (χ3n) is 0.749. The number of hydrogen-bond donors (Lipinski definition) is 2. The second kappa shape index (κ2) is 7.51. The molecule has 6 nitrogen and oxygen atoms in total. The van der Waals surface area contributed by atoms with Crippen molar-refractivity contribution in [2.45, 2.75) is 0 Å². The minimum absolute atomic E-state index is 1.03. The van der Waals surface area contributed by atoms with E-state index in [1.54, 1.807) is 0 Å². The van der Waals surface area contributed by atoms with Gasteiger partial charge >= 0.3 is 11.9 Å². The van der Waals surface area contributed by atoms with Crippen LogP contribution in [0.1, 0.15) is 0 Å². The van der Waals surface area contributed by atoms with Crippen molar-refractivity contribution in [2.75, 3.05) is 34.9 Å². The van der Waals surface area contributed by atoms with Crippen LogP contribution in [0.15, 0.2) is 0 Å². The summed E-state index contributed by atoms with van der Waals surface area (Å²) in [6.45, 7) is 1.03. The van der Waals surface area contributed by atoms with Gasteiger partial charge in [-0.3, -0.25) is 9.80 Å². The lowest BCUT2D eigenvalue weighted by Gasteiger charge is -2.14. The molecule has 6 heteroatoms. The van der Waals surface area contributed by atoms with Crippen molar-refractivity contribution in [3.8, 4) is 0 Å². The SMILES string of the molecule is CN(C)CN(C)C.O=C(O)C(=O)O. The standard InChI is InChI=1S/C5H14N2.C2H2O4/c1-6(2)5-7(3)4;3-1(4)2(5)6/h5H2,1-4H3;(H,3,4)(H,5,6). The molecule has 0 rings (SSSR count). The minimum Gasteiger partial charge on any atom is -0.473 e. The number of nitrogens with zero attached hydrogens (tertiary/aromatic N) is 2. The Bertz CT molecular complexity index is 150. The van der Waals surface area contributed by atoms with Gasteiger partial charge in [-0.1, -0.05) is 0 Å². The summed E-state index contributed by atoms with van der Waals surface area (Å²) in [5.74, 6) is -3.65. The second-order valence-electron chi connectivity index (χ2n) is 2.91. The summed E-state index contributed by atoms with van der Waals surface area (Å²) < 4.78 is 0. The van der Waals surface area contributed by atoms with Crippen molar-refractivity contribution in [1.29, 1.82) is 0 Å². The van der Waals surface area contributed by atoms with Crippen LogP contribution >= 0.6 is 0 Å². The predicted molar refractivity (Wildman–Crippen MR) is 47.5 cm³/mol. The molecule has 0 aliphatic carbocycles. The monoisotopic (exact) mass is 192 g/mol. The molecule has 0 heterocycles. The average Bonchev–Trinajstić information content (AvgIpc) is 1.84. The van der Waals surface area contributed by atoms with E-state index in [9.17, 15) is 0 Å². The Morgan fingerprint density at radius 1 is 0.923 bits per heavy atom. The van der Waals surface area contributed by atoms with Crippen LogP contribution < -0.4 is 0 Å². The first-order chi connectivity index (χ1) is 5.77. The molecule has 0 spiro atoms. The van der Waals surface area contributed by atoms with Gasteiger partial charge < -0.3 is 10.2 Å². The van der Waals surface area contributed by atoms with E-state index in [-0.39, 0.29) is 0 Å². The highest BCUT2D eigenvalue weighted by Gasteiger charge is 2.04. The average molecular weight is 192 g/mol. The van der Waals surface area contributed by atoms with Gasteiger partial charge in [0, 0.05) is 6.67 Å². The van der Waals surface area contributed by atoms with Gasteiger partial charge in [-0.15, -0.1) is 0 Å². The Hall–Kier alpha value is -1.14. The van der Waals surface area contributed by atoms with Crippen LogP contribution in [0.25, 0.3) is 0 Å². The van der Waals surface area contributed by atoms with Crippen LogP contribution in [-0.4, -0.2) is 66.8 Å². The number of carboxylic acid groups (broad SMARTS) is 2. The first kappa shape index (κ1) is 14.4. The Kier molecular flexibility index (Phi) is 8.31. The van der Waals surface area contributed by atoms with Gasteiger partial charge in [0.1, 0.15) is 0 Å². The molecule has 78 valence electrons. The van der Waals surface area contributed by atoms with E-state index >= 15 is 0 Å². The van der Waals surface area contributed by atoms with E-state index in [1.807, 2.05) is 0 Å². The number of hydrogen-bond acceptors (Lipinski definition) is 4. The molecule has 0 aliphatic rings. The van der Waals surface area contributed by atoms with Crippen molar-refractivity contribution in [3.63, 3.8) is 0 Å². The maximum atomic E-state index is 9.10. The van der Waals surface area contributed by atoms with Crippen molar-refractivity contribution >= 4 is 11.9 Å². The van der Waals surface area contributed by atoms with Crippen LogP contribution in [0.5, 0.6) is 0 Å². The highest BCUT2D eigenvalue weighted by Crippen LogP contribution is 1.74. The normalized spacial score (nSPS) is 9.38. The van der Waals surface area contributed by atoms with Gasteiger partial charge in [0.05, 0.1) is 0 Å². The Balaban J connectivity index is 0. The van der Waals surface area contributed by atoms with Crippen LogP contribution in [0.3, 0.4) is 0 Å². The van der Waals surface area contributed by atoms with Gasteiger partial charge in [0.15, 0.2) is 0 Å². The van der Waals surface area contributed by atoms with Gasteiger partial charge in [-0.2, -0.15) is 0 Å². The van der Waals surface area contributed by atoms with E-state index in [0.29, 0.717) is 0 Å². The van der Waals surface area contributed by atoms with E-state index in [0.717, 1.165) is 6.67 Å². The molecule has 0 aromatic rings. The molecule has 0 unspecified atom stereocenters. The first-order valence-corrected chi connectivity index (χ1v) is 3.53. The predicted octanol–water partition coefficient (Wildman–Crippen LogP) is -0.777. The van der Waals surface area contributed by atoms with E-state index in [1.165, 1.54) is 0 Å². The molecule has 0 radical (unpaired) electrons. The number of carbonyl (C=O) groups is 2. The smallest absolute Gasteiger partial charge is 0.414 e. The third-order valence-corrected chi connectivity index (χ3v) is 0.749. The van der Waals surface area contributed by atoms with E-state index in [4.69, 9.17) is 19.8 Å². The number of rotatable bonds is 2. The number of carboxylic acids is 2. The lowest BCUT2D eigenvalue weighted by Crippen LogP contribution is -2.26. The summed E-state index contributed by atoms with van der Waals surface area (Å²) >= 11 is 0. The highest BCUT2D eigenvalue weighted by atomic mass is 16.4. The van der Waals surface area contributed by atoms with Crippen LogP contribution in [0.4, 0.5) is 0 Å². The van der Waals surface area contributed by atoms with Crippen LogP contribution in [0.2, 0.25) is 0 Å². The topological polar surface area (TPSA) is 81.1 Å². The zero-order chi connectivity index (χ0) is 11.0. The Morgan fingerprint density at radius 2 is 1.15 bits per heavy atom. The molecule has 0 saturated carbocycles. The molecule has 0 bridgehead atoms. The summed E-state index contributed by atoms with van der Waals surface area (Å²) in [5.41, 5.74) is 0. The Labute approximate surface area is 77.4 Å². The fourth-order valence-electron chi connectivity index (χ4n) is 0.566. The minimum atomic E-state index is -1.82. The molecule has 0 amide bonds. The molecule has 0 aromatic carbocycles. The lowest BCUT2D eigenvalue weighted by atomic mass is 10.7. The van der Waals surface area contributed by atoms with Crippen molar-refractivity contribution in [2.24, 2.45) is 0 Å². The summed E-state index contributed by atoms with van der Waals surface area (Å²) in [6, 6.07) is 0. The lowest BCUT2D eigenvalue weighted by molar-refractivity contribution is -0.159. The van der Waals surface area contributed by atoms with Gasteiger partial charge in [0.2, 0.25) is 0 Å². The van der Waals surface area contributed by atoms with E-state index in [2.05, 4.69) is 38.0 Å². The third kappa shape index (κ3) is 18.1. The molecule has 0 aromatic heterocycles. The van der Waals surface area contributed by atoms with Crippen molar-refractivity contribution in [3.05, 3.63) is 0 Å². The largest absolute Gasteiger partial charge is 0.473 e. The fraction of sp³-hybridized carbons (Fsp3) is 0.714. The molecule has 0 aliphatic heterocycles. The zero-order valence-electron chi connectivity index (χ0n) is 8.31. The maximum Gasteiger partial charge on any atom is 0.414 e. The summed E-state index contributed by atoms with van der Waals surface area (Å²) in [7, 11) is 8.22. The zero-order valence-corrected chi connectivity index (χ0v) is 8.31. The van der Waals surface area contributed by atoms with Crippen molar-refractivity contribution < 1.29 is 19.8 Å². The quantitative estimate of drug-likeness (QED) is 0.441. The first-order valence-electron chi connectivity index (χ1n) is 3.53.